The molecule has 0 unspecified atom stereocenters. The van der Waals surface area contributed by atoms with E-state index >= 15 is 0 Å². The molecule has 1 heterocycles. The third-order valence-corrected chi connectivity index (χ3v) is 4.89. The highest BCUT2D eigenvalue weighted by Gasteiger charge is 2.18. The van der Waals surface area contributed by atoms with Crippen molar-refractivity contribution >= 4 is 17.5 Å². The van der Waals surface area contributed by atoms with Crippen LogP contribution in [0.5, 0.6) is 11.5 Å². The summed E-state index contributed by atoms with van der Waals surface area (Å²) in [5.41, 5.74) is 2.00. The zero-order chi connectivity index (χ0) is 19.1. The first-order valence-electron chi connectivity index (χ1n) is 9.19. The summed E-state index contributed by atoms with van der Waals surface area (Å²) < 4.78 is 11.2. The Morgan fingerprint density at radius 2 is 1.81 bits per heavy atom. The Balaban J connectivity index is 1.56. The SMILES string of the molecule is COc1ccc(Cl)cc1CNCc1ccccc1OCC(=O)N1CCCC1. The van der Waals surface area contributed by atoms with Crippen molar-refractivity contribution in [2.24, 2.45) is 0 Å². The number of para-hydroxylation sites is 1. The summed E-state index contributed by atoms with van der Waals surface area (Å²) >= 11 is 6.08. The Hall–Kier alpha value is -2.24. The van der Waals surface area contributed by atoms with Gasteiger partial charge in [0.25, 0.3) is 5.91 Å². The Morgan fingerprint density at radius 3 is 2.59 bits per heavy atom. The number of likely N-dealkylation sites (tertiary alicyclic amines) is 1. The van der Waals surface area contributed by atoms with E-state index in [4.69, 9.17) is 21.1 Å². The molecule has 1 amide bonds. The summed E-state index contributed by atoms with van der Waals surface area (Å²) in [4.78, 5) is 14.1. The quantitative estimate of drug-likeness (QED) is 0.750. The van der Waals surface area contributed by atoms with Crippen molar-refractivity contribution in [3.8, 4) is 11.5 Å². The van der Waals surface area contributed by atoms with Gasteiger partial charge in [0.2, 0.25) is 0 Å². The standard InChI is InChI=1S/C21H25ClN2O3/c1-26-19-9-8-18(22)12-17(19)14-23-13-16-6-2-3-7-20(16)27-15-21(25)24-10-4-5-11-24/h2-3,6-9,12,23H,4-5,10-11,13-15H2,1H3. The van der Waals surface area contributed by atoms with Gasteiger partial charge in [-0.2, -0.15) is 0 Å². The van der Waals surface area contributed by atoms with Gasteiger partial charge < -0.3 is 19.7 Å². The van der Waals surface area contributed by atoms with Gasteiger partial charge >= 0.3 is 0 Å². The molecule has 0 saturated carbocycles. The van der Waals surface area contributed by atoms with Gasteiger partial charge in [-0.25, -0.2) is 0 Å². The second-order valence-electron chi connectivity index (χ2n) is 6.54. The number of nitrogens with zero attached hydrogens (tertiary/aromatic N) is 1. The highest BCUT2D eigenvalue weighted by molar-refractivity contribution is 6.30. The molecular weight excluding hydrogens is 364 g/mol. The lowest BCUT2D eigenvalue weighted by atomic mass is 10.1. The molecule has 0 radical (unpaired) electrons. The molecule has 1 fully saturated rings. The van der Waals surface area contributed by atoms with E-state index in [2.05, 4.69) is 5.32 Å². The first-order valence-corrected chi connectivity index (χ1v) is 9.57. The van der Waals surface area contributed by atoms with Crippen LogP contribution in [0.3, 0.4) is 0 Å². The van der Waals surface area contributed by atoms with E-state index in [0.29, 0.717) is 18.1 Å². The van der Waals surface area contributed by atoms with Crippen LogP contribution >= 0.6 is 11.6 Å². The molecular formula is C21H25ClN2O3. The number of carbonyl (C=O) groups is 1. The van der Waals surface area contributed by atoms with Crippen LogP contribution in [0, 0.1) is 0 Å². The molecule has 1 aliphatic rings. The molecule has 0 atom stereocenters. The third-order valence-electron chi connectivity index (χ3n) is 4.66. The van der Waals surface area contributed by atoms with Crippen molar-refractivity contribution in [1.82, 2.24) is 10.2 Å². The fourth-order valence-corrected chi connectivity index (χ4v) is 3.40. The number of hydrogen-bond acceptors (Lipinski definition) is 4. The monoisotopic (exact) mass is 388 g/mol. The van der Waals surface area contributed by atoms with Crippen LogP contribution in [0.15, 0.2) is 42.5 Å². The lowest BCUT2D eigenvalue weighted by Crippen LogP contribution is -2.32. The minimum absolute atomic E-state index is 0.0546. The maximum absolute atomic E-state index is 12.2. The van der Waals surface area contributed by atoms with Crippen molar-refractivity contribution in [3.63, 3.8) is 0 Å². The first kappa shape index (κ1) is 19.5. The zero-order valence-corrected chi connectivity index (χ0v) is 16.3. The van der Waals surface area contributed by atoms with Gasteiger partial charge in [0, 0.05) is 42.3 Å². The summed E-state index contributed by atoms with van der Waals surface area (Å²) in [6.45, 7) is 2.99. The molecule has 0 bridgehead atoms. The molecule has 3 rings (SSSR count). The number of benzene rings is 2. The molecule has 2 aromatic carbocycles. The minimum atomic E-state index is 0.0546. The van der Waals surface area contributed by atoms with Gasteiger partial charge in [0.1, 0.15) is 11.5 Å². The highest BCUT2D eigenvalue weighted by atomic mass is 35.5. The van der Waals surface area contributed by atoms with Crippen LogP contribution in [0.2, 0.25) is 5.02 Å². The van der Waals surface area contributed by atoms with Crippen LogP contribution in [0.25, 0.3) is 0 Å². The number of methoxy groups -OCH3 is 1. The number of rotatable bonds is 8. The number of hydrogen-bond donors (Lipinski definition) is 1. The third kappa shape index (κ3) is 5.37. The molecule has 0 spiro atoms. The molecule has 1 aliphatic heterocycles. The van der Waals surface area contributed by atoms with Crippen molar-refractivity contribution in [2.45, 2.75) is 25.9 Å². The largest absolute Gasteiger partial charge is 0.496 e. The fourth-order valence-electron chi connectivity index (χ4n) is 3.21. The van der Waals surface area contributed by atoms with Crippen molar-refractivity contribution in [3.05, 3.63) is 58.6 Å². The molecule has 27 heavy (non-hydrogen) atoms. The molecule has 0 aromatic heterocycles. The van der Waals surface area contributed by atoms with E-state index in [-0.39, 0.29) is 12.5 Å². The number of amides is 1. The molecule has 1 N–H and O–H groups in total. The van der Waals surface area contributed by atoms with Gasteiger partial charge in [-0.1, -0.05) is 29.8 Å². The maximum Gasteiger partial charge on any atom is 0.260 e. The fraction of sp³-hybridized carbons (Fsp3) is 0.381. The van der Waals surface area contributed by atoms with Crippen molar-refractivity contribution in [1.29, 1.82) is 0 Å². The van der Waals surface area contributed by atoms with Gasteiger partial charge in [0.15, 0.2) is 6.61 Å². The van der Waals surface area contributed by atoms with Crippen LogP contribution in [0.1, 0.15) is 24.0 Å². The molecule has 5 nitrogen and oxygen atoms in total. The predicted molar refractivity (Wildman–Crippen MR) is 106 cm³/mol. The number of ether oxygens (including phenoxy) is 2. The molecule has 2 aromatic rings. The first-order chi connectivity index (χ1) is 13.2. The lowest BCUT2D eigenvalue weighted by Gasteiger charge is -2.17. The second kappa shape index (κ2) is 9.62. The van der Waals surface area contributed by atoms with Crippen molar-refractivity contribution < 1.29 is 14.3 Å². The summed E-state index contributed by atoms with van der Waals surface area (Å²) in [5.74, 6) is 1.59. The van der Waals surface area contributed by atoms with Crippen molar-refractivity contribution in [2.75, 3.05) is 26.8 Å². The topological polar surface area (TPSA) is 50.8 Å². The molecule has 144 valence electrons. The van der Waals surface area contributed by atoms with Gasteiger partial charge in [-0.05, 0) is 37.1 Å². The summed E-state index contributed by atoms with van der Waals surface area (Å²) in [7, 11) is 1.65. The number of halogens is 1. The van der Waals surface area contributed by atoms with E-state index in [1.54, 1.807) is 7.11 Å². The van der Waals surface area contributed by atoms with Gasteiger partial charge in [0.05, 0.1) is 7.11 Å². The van der Waals surface area contributed by atoms with E-state index in [0.717, 1.165) is 48.6 Å². The molecule has 6 heteroatoms. The number of carbonyl (C=O) groups excluding carboxylic acids is 1. The zero-order valence-electron chi connectivity index (χ0n) is 15.5. The van der Waals surface area contributed by atoms with Crippen LogP contribution in [-0.2, 0) is 17.9 Å². The van der Waals surface area contributed by atoms with Gasteiger partial charge in [-0.3, -0.25) is 4.79 Å². The Kier molecular flexibility index (Phi) is 6.96. The van der Waals surface area contributed by atoms with Crippen LogP contribution < -0.4 is 14.8 Å². The van der Waals surface area contributed by atoms with E-state index in [1.165, 1.54) is 0 Å². The predicted octanol–water partition coefficient (Wildman–Crippen LogP) is 3.64. The summed E-state index contributed by atoms with van der Waals surface area (Å²) in [6, 6.07) is 13.3. The van der Waals surface area contributed by atoms with E-state index in [1.807, 2.05) is 47.4 Å². The molecule has 0 aliphatic carbocycles. The molecule has 1 saturated heterocycles. The Morgan fingerprint density at radius 1 is 1.07 bits per heavy atom. The average Bonchev–Trinajstić information content (AvgIpc) is 3.22. The second-order valence-corrected chi connectivity index (χ2v) is 6.98. The van der Waals surface area contributed by atoms with E-state index < -0.39 is 0 Å². The normalized spacial score (nSPS) is 13.6. The maximum atomic E-state index is 12.2. The average molecular weight is 389 g/mol. The Bertz CT molecular complexity index is 776. The summed E-state index contributed by atoms with van der Waals surface area (Å²) in [5, 5.41) is 4.07. The van der Waals surface area contributed by atoms with Gasteiger partial charge in [-0.15, -0.1) is 0 Å². The lowest BCUT2D eigenvalue weighted by molar-refractivity contribution is -0.132. The number of nitrogens with one attached hydrogen (secondary N) is 1. The van der Waals surface area contributed by atoms with Crippen LogP contribution in [-0.4, -0.2) is 37.6 Å². The Labute approximate surface area is 165 Å². The summed E-state index contributed by atoms with van der Waals surface area (Å²) in [6.07, 6.45) is 2.17. The van der Waals surface area contributed by atoms with E-state index in [9.17, 15) is 4.79 Å². The minimum Gasteiger partial charge on any atom is -0.496 e. The smallest absolute Gasteiger partial charge is 0.260 e. The highest BCUT2D eigenvalue weighted by Crippen LogP contribution is 2.23. The van der Waals surface area contributed by atoms with Crippen LogP contribution in [0.4, 0.5) is 0 Å².